The first-order chi connectivity index (χ1) is 8.04. The predicted octanol–water partition coefficient (Wildman–Crippen LogP) is 3.42. The number of halogens is 1. The van der Waals surface area contributed by atoms with Crippen LogP contribution >= 0.6 is 11.6 Å². The van der Waals surface area contributed by atoms with Crippen LogP contribution in [0.1, 0.15) is 47.9 Å². The molecule has 0 fully saturated rings. The van der Waals surface area contributed by atoms with Gasteiger partial charge in [0.15, 0.2) is 6.29 Å². The monoisotopic (exact) mass is 257 g/mol. The molecule has 0 aromatic carbocycles. The molecule has 1 heterocycles. The topological polar surface area (TPSA) is 31.2 Å². The molecule has 0 bridgehead atoms. The summed E-state index contributed by atoms with van der Waals surface area (Å²) in [5.41, 5.74) is 2.61. The molecule has 0 aliphatic carbocycles. The van der Waals surface area contributed by atoms with Gasteiger partial charge in [0.05, 0.1) is 10.6 Å². The lowest BCUT2D eigenvalue weighted by molar-refractivity contribution is 0.112. The second-order valence-corrected chi connectivity index (χ2v) is 4.85. The third-order valence-electron chi connectivity index (χ3n) is 2.94. The van der Waals surface area contributed by atoms with Gasteiger partial charge in [-0.1, -0.05) is 25.4 Å². The van der Waals surface area contributed by atoms with Crippen LogP contribution in [-0.4, -0.2) is 24.6 Å². The van der Waals surface area contributed by atoms with Crippen molar-refractivity contribution in [1.82, 2.24) is 4.57 Å². The fourth-order valence-corrected chi connectivity index (χ4v) is 2.60. The maximum absolute atomic E-state index is 11.0. The highest BCUT2D eigenvalue weighted by atomic mass is 35.5. The Kier molecular flexibility index (Phi) is 5.22. The van der Waals surface area contributed by atoms with Crippen LogP contribution in [0.4, 0.5) is 0 Å². The molecule has 0 amide bonds. The fraction of sp³-hybridized carbons (Fsp3) is 0.615. The van der Waals surface area contributed by atoms with E-state index in [9.17, 15) is 4.79 Å². The third kappa shape index (κ3) is 2.90. The molecule has 0 aliphatic rings. The average molecular weight is 258 g/mol. The Morgan fingerprint density at radius 2 is 2.12 bits per heavy atom. The lowest BCUT2D eigenvalue weighted by atomic mass is 10.1. The Labute approximate surface area is 108 Å². The standard InChI is InChI=1S/C13H20ClNO2/c1-9(2)13-12(14)11(8-16)10(3)15(13)6-5-7-17-4/h8-9H,5-7H2,1-4H3. The lowest BCUT2D eigenvalue weighted by Gasteiger charge is -2.14. The molecule has 0 atom stereocenters. The van der Waals surface area contributed by atoms with Crippen LogP contribution in [-0.2, 0) is 11.3 Å². The number of nitrogens with zero attached hydrogens (tertiary/aromatic N) is 1. The zero-order valence-corrected chi connectivity index (χ0v) is 11.7. The first-order valence-corrected chi connectivity index (χ1v) is 6.25. The van der Waals surface area contributed by atoms with E-state index in [-0.39, 0.29) is 0 Å². The van der Waals surface area contributed by atoms with Gasteiger partial charge >= 0.3 is 0 Å². The van der Waals surface area contributed by atoms with Crippen molar-refractivity contribution in [3.8, 4) is 0 Å². The van der Waals surface area contributed by atoms with E-state index >= 15 is 0 Å². The van der Waals surface area contributed by atoms with Crippen LogP contribution in [0.25, 0.3) is 0 Å². The Hall–Kier alpha value is -0.800. The average Bonchev–Trinajstić information content (AvgIpc) is 2.51. The number of ether oxygens (including phenoxy) is 1. The molecule has 3 nitrogen and oxygen atoms in total. The number of aldehydes is 1. The molecule has 96 valence electrons. The van der Waals surface area contributed by atoms with E-state index in [4.69, 9.17) is 16.3 Å². The lowest BCUT2D eigenvalue weighted by Crippen LogP contribution is -2.08. The minimum absolute atomic E-state index is 0.303. The van der Waals surface area contributed by atoms with Crippen molar-refractivity contribution in [2.75, 3.05) is 13.7 Å². The van der Waals surface area contributed by atoms with E-state index in [1.807, 2.05) is 6.92 Å². The van der Waals surface area contributed by atoms with Crippen molar-refractivity contribution in [3.05, 3.63) is 22.0 Å². The smallest absolute Gasteiger partial charge is 0.153 e. The molecule has 1 rings (SSSR count). The molecule has 0 spiro atoms. The zero-order chi connectivity index (χ0) is 13.0. The molecular formula is C13H20ClNO2. The predicted molar refractivity (Wildman–Crippen MR) is 70.1 cm³/mol. The minimum atomic E-state index is 0.303. The normalized spacial score (nSPS) is 11.2. The molecule has 17 heavy (non-hydrogen) atoms. The van der Waals surface area contributed by atoms with Gasteiger partial charge in [-0.05, 0) is 19.3 Å². The van der Waals surface area contributed by atoms with Crippen molar-refractivity contribution in [3.63, 3.8) is 0 Å². The SMILES string of the molecule is COCCCn1c(C)c(C=O)c(Cl)c1C(C)C. The van der Waals surface area contributed by atoms with Gasteiger partial charge in [-0.25, -0.2) is 0 Å². The van der Waals surface area contributed by atoms with Crippen molar-refractivity contribution in [2.24, 2.45) is 0 Å². The van der Waals surface area contributed by atoms with Crippen LogP contribution in [0.3, 0.4) is 0 Å². The van der Waals surface area contributed by atoms with E-state index in [2.05, 4.69) is 18.4 Å². The summed E-state index contributed by atoms with van der Waals surface area (Å²) in [5.74, 6) is 0.303. The summed E-state index contributed by atoms with van der Waals surface area (Å²) in [7, 11) is 1.69. The van der Waals surface area contributed by atoms with Gasteiger partial charge in [-0.2, -0.15) is 0 Å². The highest BCUT2D eigenvalue weighted by Crippen LogP contribution is 2.32. The van der Waals surface area contributed by atoms with Gasteiger partial charge in [-0.3, -0.25) is 4.79 Å². The van der Waals surface area contributed by atoms with Crippen LogP contribution in [0.15, 0.2) is 0 Å². The third-order valence-corrected chi connectivity index (χ3v) is 3.34. The van der Waals surface area contributed by atoms with Gasteiger partial charge < -0.3 is 9.30 Å². The first kappa shape index (κ1) is 14.3. The molecule has 0 saturated heterocycles. The molecule has 0 aliphatic heterocycles. The number of carbonyl (C=O) groups is 1. The van der Waals surface area contributed by atoms with Gasteiger partial charge in [0.2, 0.25) is 0 Å². The van der Waals surface area contributed by atoms with Crippen molar-refractivity contribution < 1.29 is 9.53 Å². The molecular weight excluding hydrogens is 238 g/mol. The number of methoxy groups -OCH3 is 1. The largest absolute Gasteiger partial charge is 0.385 e. The quantitative estimate of drug-likeness (QED) is 0.578. The van der Waals surface area contributed by atoms with E-state index in [1.54, 1.807) is 7.11 Å². The molecule has 1 aromatic heterocycles. The van der Waals surface area contributed by atoms with E-state index in [1.165, 1.54) is 0 Å². The van der Waals surface area contributed by atoms with Gasteiger partial charge in [0, 0.05) is 31.6 Å². The summed E-state index contributed by atoms with van der Waals surface area (Å²) >= 11 is 6.26. The Balaban J connectivity index is 3.12. The highest BCUT2D eigenvalue weighted by Gasteiger charge is 2.20. The molecule has 4 heteroatoms. The maximum Gasteiger partial charge on any atom is 0.153 e. The van der Waals surface area contributed by atoms with Gasteiger partial charge in [0.1, 0.15) is 0 Å². The molecule has 0 N–H and O–H groups in total. The summed E-state index contributed by atoms with van der Waals surface area (Å²) in [6.45, 7) is 7.66. The van der Waals surface area contributed by atoms with Crippen LogP contribution < -0.4 is 0 Å². The fourth-order valence-electron chi connectivity index (χ4n) is 2.10. The van der Waals surface area contributed by atoms with E-state index in [0.29, 0.717) is 23.1 Å². The number of carbonyl (C=O) groups excluding carboxylic acids is 1. The molecule has 0 unspecified atom stereocenters. The summed E-state index contributed by atoms with van der Waals surface area (Å²) < 4.78 is 7.19. The first-order valence-electron chi connectivity index (χ1n) is 5.87. The summed E-state index contributed by atoms with van der Waals surface area (Å²) in [6.07, 6.45) is 1.76. The van der Waals surface area contributed by atoms with Crippen molar-refractivity contribution in [2.45, 2.75) is 39.7 Å². The molecule has 1 aromatic rings. The highest BCUT2D eigenvalue weighted by molar-refractivity contribution is 6.34. The zero-order valence-electron chi connectivity index (χ0n) is 10.9. The molecule has 0 radical (unpaired) electrons. The molecule has 0 saturated carbocycles. The minimum Gasteiger partial charge on any atom is -0.385 e. The maximum atomic E-state index is 11.0. The van der Waals surface area contributed by atoms with Crippen LogP contribution in [0.2, 0.25) is 5.02 Å². The van der Waals surface area contributed by atoms with Gasteiger partial charge in [0.25, 0.3) is 0 Å². The van der Waals surface area contributed by atoms with Gasteiger partial charge in [-0.15, -0.1) is 0 Å². The number of rotatable bonds is 6. The Morgan fingerprint density at radius 1 is 1.47 bits per heavy atom. The second-order valence-electron chi connectivity index (χ2n) is 4.47. The van der Waals surface area contributed by atoms with Crippen molar-refractivity contribution in [1.29, 1.82) is 0 Å². The van der Waals surface area contributed by atoms with E-state index in [0.717, 1.165) is 30.6 Å². The van der Waals surface area contributed by atoms with Crippen molar-refractivity contribution >= 4 is 17.9 Å². The summed E-state index contributed by atoms with van der Waals surface area (Å²) in [4.78, 5) is 11.0. The Bertz CT molecular complexity index is 397. The van der Waals surface area contributed by atoms with Crippen LogP contribution in [0, 0.1) is 6.92 Å². The number of hydrogen-bond donors (Lipinski definition) is 0. The van der Waals surface area contributed by atoms with Crippen LogP contribution in [0.5, 0.6) is 0 Å². The summed E-state index contributed by atoms with van der Waals surface area (Å²) in [6, 6.07) is 0. The second kappa shape index (κ2) is 6.22. The summed E-state index contributed by atoms with van der Waals surface area (Å²) in [5, 5.41) is 0.602. The number of aromatic nitrogens is 1. The number of hydrogen-bond acceptors (Lipinski definition) is 2. The van der Waals surface area contributed by atoms with E-state index < -0.39 is 0 Å². The Morgan fingerprint density at radius 3 is 2.59 bits per heavy atom.